The third-order valence-corrected chi connectivity index (χ3v) is 3.35. The Labute approximate surface area is 129 Å². The van der Waals surface area contributed by atoms with Gasteiger partial charge >= 0.3 is 0 Å². The van der Waals surface area contributed by atoms with Gasteiger partial charge in [-0.1, -0.05) is 12.1 Å². The number of hydrogen-bond donors (Lipinski definition) is 1. The van der Waals surface area contributed by atoms with Crippen molar-refractivity contribution in [3.8, 4) is 0 Å². The molecule has 0 aliphatic heterocycles. The summed E-state index contributed by atoms with van der Waals surface area (Å²) in [5.74, 6) is -0.123. The van der Waals surface area contributed by atoms with E-state index in [9.17, 15) is 14.7 Å². The van der Waals surface area contributed by atoms with Gasteiger partial charge in [0, 0.05) is 26.6 Å². The largest absolute Gasteiger partial charge is 0.389 e. The number of likely N-dealkylation sites (N-methyl/N-ethyl adjacent to an activating group) is 1. The Morgan fingerprint density at radius 2 is 2.05 bits per heavy atom. The highest BCUT2D eigenvalue weighted by Gasteiger charge is 2.19. The molecule has 1 heterocycles. The number of carbonyl (C=O) groups excluding carboxylic acids is 1. The highest BCUT2D eigenvalue weighted by atomic mass is 16.3. The average Bonchev–Trinajstić information content (AvgIpc) is 2.44. The number of rotatable bonds is 5. The van der Waals surface area contributed by atoms with E-state index in [1.807, 2.05) is 6.07 Å². The SMILES string of the molecule is CN(CC(C)(C)O)C(=O)CCn1cnc2ccccc2c1=O. The van der Waals surface area contributed by atoms with Crippen LogP contribution in [0.3, 0.4) is 0 Å². The van der Waals surface area contributed by atoms with Crippen molar-refractivity contribution in [2.75, 3.05) is 13.6 Å². The maximum atomic E-state index is 12.3. The molecule has 0 spiro atoms. The van der Waals surface area contributed by atoms with E-state index >= 15 is 0 Å². The number of aliphatic hydroxyl groups is 1. The quantitative estimate of drug-likeness (QED) is 0.894. The van der Waals surface area contributed by atoms with Crippen LogP contribution in [0.5, 0.6) is 0 Å². The fourth-order valence-corrected chi connectivity index (χ4v) is 2.34. The molecule has 2 aromatic rings. The molecule has 0 saturated carbocycles. The van der Waals surface area contributed by atoms with E-state index < -0.39 is 5.60 Å². The van der Waals surface area contributed by atoms with Crippen LogP contribution >= 0.6 is 0 Å². The van der Waals surface area contributed by atoms with Crippen LogP contribution in [0.4, 0.5) is 0 Å². The van der Waals surface area contributed by atoms with Crippen LogP contribution in [-0.4, -0.2) is 44.7 Å². The van der Waals surface area contributed by atoms with Crippen LogP contribution in [0.2, 0.25) is 0 Å². The van der Waals surface area contributed by atoms with E-state index in [2.05, 4.69) is 4.98 Å². The van der Waals surface area contributed by atoms with Crippen LogP contribution in [0.15, 0.2) is 35.4 Å². The van der Waals surface area contributed by atoms with Gasteiger partial charge in [-0.2, -0.15) is 0 Å². The lowest BCUT2D eigenvalue weighted by Crippen LogP contribution is -2.40. The lowest BCUT2D eigenvalue weighted by molar-refractivity contribution is -0.132. The number of para-hydroxylation sites is 1. The summed E-state index contributed by atoms with van der Waals surface area (Å²) in [5, 5.41) is 10.3. The summed E-state index contributed by atoms with van der Waals surface area (Å²) in [6, 6.07) is 7.12. The Hall–Kier alpha value is -2.21. The summed E-state index contributed by atoms with van der Waals surface area (Å²) in [4.78, 5) is 30.0. The van der Waals surface area contributed by atoms with E-state index in [0.29, 0.717) is 10.9 Å². The Morgan fingerprint density at radius 3 is 2.73 bits per heavy atom. The summed E-state index contributed by atoms with van der Waals surface area (Å²) in [6.45, 7) is 3.81. The fourth-order valence-electron chi connectivity index (χ4n) is 2.34. The first-order valence-electron chi connectivity index (χ1n) is 7.18. The minimum absolute atomic E-state index is 0.123. The maximum Gasteiger partial charge on any atom is 0.261 e. The predicted octanol–water partition coefficient (Wildman–Crippen LogP) is 1.02. The molecule has 6 nitrogen and oxygen atoms in total. The number of aryl methyl sites for hydroxylation is 1. The number of nitrogens with zero attached hydrogens (tertiary/aromatic N) is 3. The number of carbonyl (C=O) groups is 1. The zero-order valence-corrected chi connectivity index (χ0v) is 13.1. The highest BCUT2D eigenvalue weighted by molar-refractivity contribution is 5.77. The molecule has 0 saturated heterocycles. The van der Waals surface area contributed by atoms with Gasteiger partial charge in [-0.05, 0) is 26.0 Å². The molecular weight excluding hydrogens is 282 g/mol. The minimum atomic E-state index is -0.939. The maximum absolute atomic E-state index is 12.3. The molecule has 0 unspecified atom stereocenters. The van der Waals surface area contributed by atoms with Crippen molar-refractivity contribution in [2.24, 2.45) is 0 Å². The van der Waals surface area contributed by atoms with Gasteiger partial charge in [-0.15, -0.1) is 0 Å². The zero-order chi connectivity index (χ0) is 16.3. The average molecular weight is 303 g/mol. The second kappa shape index (κ2) is 6.27. The van der Waals surface area contributed by atoms with Crippen LogP contribution < -0.4 is 5.56 Å². The Balaban J connectivity index is 2.07. The number of benzene rings is 1. The number of hydrogen-bond acceptors (Lipinski definition) is 4. The van der Waals surface area contributed by atoms with Gasteiger partial charge in [0.25, 0.3) is 5.56 Å². The van der Waals surface area contributed by atoms with Gasteiger partial charge in [0.05, 0.1) is 22.8 Å². The molecule has 6 heteroatoms. The van der Waals surface area contributed by atoms with Crippen molar-refractivity contribution in [2.45, 2.75) is 32.4 Å². The number of aromatic nitrogens is 2. The van der Waals surface area contributed by atoms with E-state index in [4.69, 9.17) is 0 Å². The summed E-state index contributed by atoms with van der Waals surface area (Å²) < 4.78 is 1.44. The second-order valence-electron chi connectivity index (χ2n) is 6.07. The van der Waals surface area contributed by atoms with Gasteiger partial charge in [0.2, 0.25) is 5.91 Å². The topological polar surface area (TPSA) is 75.4 Å². The first-order valence-corrected chi connectivity index (χ1v) is 7.18. The molecule has 1 aromatic carbocycles. The molecule has 1 N–H and O–H groups in total. The van der Waals surface area contributed by atoms with Gasteiger partial charge in [0.1, 0.15) is 0 Å². The zero-order valence-electron chi connectivity index (χ0n) is 13.1. The molecule has 0 bridgehead atoms. The molecular formula is C16H21N3O3. The smallest absolute Gasteiger partial charge is 0.261 e. The van der Waals surface area contributed by atoms with Crippen LogP contribution in [-0.2, 0) is 11.3 Å². The van der Waals surface area contributed by atoms with Crippen molar-refractivity contribution >= 4 is 16.8 Å². The van der Waals surface area contributed by atoms with Gasteiger partial charge in [-0.3, -0.25) is 14.2 Å². The third-order valence-electron chi connectivity index (χ3n) is 3.35. The predicted molar refractivity (Wildman–Crippen MR) is 84.6 cm³/mol. The van der Waals surface area contributed by atoms with E-state index in [-0.39, 0.29) is 31.0 Å². The van der Waals surface area contributed by atoms with Crippen LogP contribution in [0.25, 0.3) is 10.9 Å². The monoisotopic (exact) mass is 303 g/mol. The van der Waals surface area contributed by atoms with Crippen molar-refractivity contribution in [3.63, 3.8) is 0 Å². The van der Waals surface area contributed by atoms with Crippen molar-refractivity contribution in [1.82, 2.24) is 14.5 Å². The number of amides is 1. The first-order chi connectivity index (χ1) is 10.3. The number of fused-ring (bicyclic) bond motifs is 1. The summed E-state index contributed by atoms with van der Waals surface area (Å²) in [7, 11) is 1.64. The Kier molecular flexibility index (Phi) is 4.61. The van der Waals surface area contributed by atoms with E-state index in [1.165, 1.54) is 15.8 Å². The molecule has 1 amide bonds. The Morgan fingerprint density at radius 1 is 1.36 bits per heavy atom. The molecule has 0 radical (unpaired) electrons. The van der Waals surface area contributed by atoms with Gasteiger partial charge in [0.15, 0.2) is 0 Å². The molecule has 118 valence electrons. The Bertz CT molecular complexity index is 731. The highest BCUT2D eigenvalue weighted by Crippen LogP contribution is 2.07. The standard InChI is InChI=1S/C16H21N3O3/c1-16(2,22)10-18(3)14(20)8-9-19-11-17-13-7-5-4-6-12(13)15(19)21/h4-7,11,22H,8-10H2,1-3H3. The molecule has 0 fully saturated rings. The summed E-state index contributed by atoms with van der Waals surface area (Å²) in [6.07, 6.45) is 1.65. The van der Waals surface area contributed by atoms with Crippen LogP contribution in [0, 0.1) is 0 Å². The van der Waals surface area contributed by atoms with Gasteiger partial charge < -0.3 is 10.0 Å². The molecule has 2 rings (SSSR count). The van der Waals surface area contributed by atoms with Crippen molar-refractivity contribution < 1.29 is 9.90 Å². The first kappa shape index (κ1) is 16.2. The lowest BCUT2D eigenvalue weighted by atomic mass is 10.1. The van der Waals surface area contributed by atoms with E-state index in [0.717, 1.165) is 0 Å². The molecule has 0 aliphatic carbocycles. The van der Waals surface area contributed by atoms with Gasteiger partial charge in [-0.25, -0.2) is 4.98 Å². The van der Waals surface area contributed by atoms with Crippen molar-refractivity contribution in [1.29, 1.82) is 0 Å². The fraction of sp³-hybridized carbons (Fsp3) is 0.438. The van der Waals surface area contributed by atoms with Crippen molar-refractivity contribution in [3.05, 3.63) is 40.9 Å². The molecule has 1 aromatic heterocycles. The lowest BCUT2D eigenvalue weighted by Gasteiger charge is -2.25. The molecule has 0 aliphatic rings. The normalized spacial score (nSPS) is 11.6. The third kappa shape index (κ3) is 3.92. The van der Waals surface area contributed by atoms with Crippen LogP contribution in [0.1, 0.15) is 20.3 Å². The second-order valence-corrected chi connectivity index (χ2v) is 6.07. The molecule has 22 heavy (non-hydrogen) atoms. The summed E-state index contributed by atoms with van der Waals surface area (Å²) in [5.41, 5.74) is -0.441. The minimum Gasteiger partial charge on any atom is -0.389 e. The van der Waals surface area contributed by atoms with E-state index in [1.54, 1.807) is 39.1 Å². The molecule has 0 atom stereocenters. The summed E-state index contributed by atoms with van der Waals surface area (Å²) >= 11 is 0.